The van der Waals surface area contributed by atoms with Crippen molar-refractivity contribution in [2.45, 2.75) is 13.8 Å². The van der Waals surface area contributed by atoms with Crippen LogP contribution in [0.1, 0.15) is 32.1 Å². The first-order valence-corrected chi connectivity index (χ1v) is 6.43. The van der Waals surface area contributed by atoms with E-state index in [1.54, 1.807) is 0 Å². The minimum Gasteiger partial charge on any atom is -0.545 e. The lowest BCUT2D eigenvalue weighted by atomic mass is 9.91. The smallest absolute Gasteiger partial charge is 0.277 e. The number of carboxylic acid groups (broad SMARTS) is 2. The molecule has 8 heteroatoms. The van der Waals surface area contributed by atoms with Gasteiger partial charge >= 0.3 is 0 Å². The van der Waals surface area contributed by atoms with Crippen LogP contribution in [0.2, 0.25) is 0 Å². The molecule has 0 bridgehead atoms. The second-order valence-electron chi connectivity index (χ2n) is 4.76. The van der Waals surface area contributed by atoms with Crippen LogP contribution in [-0.4, -0.2) is 21.8 Å². The fraction of sp³-hybridized carbons (Fsp3) is 0.133. The summed E-state index contributed by atoms with van der Waals surface area (Å²) in [5, 5.41) is 34.1. The number of rotatable bonds is 4. The summed E-state index contributed by atoms with van der Waals surface area (Å²) in [6, 6.07) is 5.25. The molecule has 0 spiro atoms. The van der Waals surface area contributed by atoms with E-state index >= 15 is 0 Å². The highest BCUT2D eigenvalue weighted by Gasteiger charge is 2.24. The monoisotopic (exact) mass is 314 g/mol. The van der Waals surface area contributed by atoms with E-state index in [-0.39, 0.29) is 22.5 Å². The molecule has 0 aliphatic carbocycles. The molecule has 1 aromatic heterocycles. The van der Waals surface area contributed by atoms with Crippen molar-refractivity contribution >= 4 is 17.6 Å². The van der Waals surface area contributed by atoms with Gasteiger partial charge in [-0.05, 0) is 19.9 Å². The summed E-state index contributed by atoms with van der Waals surface area (Å²) in [6.07, 6.45) is 0. The Balaban J connectivity index is 3.04. The van der Waals surface area contributed by atoms with Crippen LogP contribution in [0.25, 0.3) is 11.1 Å². The summed E-state index contributed by atoms with van der Waals surface area (Å²) < 4.78 is 0. The Morgan fingerprint density at radius 3 is 1.91 bits per heavy atom. The summed E-state index contributed by atoms with van der Waals surface area (Å²) in [6.45, 7) is 2.71. The van der Waals surface area contributed by atoms with Gasteiger partial charge in [0.25, 0.3) is 5.69 Å². The van der Waals surface area contributed by atoms with Crippen molar-refractivity contribution in [3.8, 4) is 11.1 Å². The molecule has 0 radical (unpaired) electrons. The first-order chi connectivity index (χ1) is 10.8. The summed E-state index contributed by atoms with van der Waals surface area (Å²) in [5.74, 6) is -3.35. The highest BCUT2D eigenvalue weighted by Crippen LogP contribution is 2.36. The number of carbonyl (C=O) groups excluding carboxylic acids is 2. The average Bonchev–Trinajstić information content (AvgIpc) is 2.45. The molecule has 8 nitrogen and oxygen atoms in total. The zero-order valence-corrected chi connectivity index (χ0v) is 12.2. The van der Waals surface area contributed by atoms with Crippen molar-refractivity contribution in [3.63, 3.8) is 0 Å². The van der Waals surface area contributed by atoms with Crippen LogP contribution in [-0.2, 0) is 0 Å². The number of hydrogen-bond donors (Lipinski definition) is 0. The maximum Gasteiger partial charge on any atom is 0.277 e. The number of nitrogens with zero attached hydrogens (tertiary/aromatic N) is 2. The van der Waals surface area contributed by atoms with Gasteiger partial charge in [0.05, 0.1) is 22.4 Å². The van der Waals surface area contributed by atoms with E-state index in [1.807, 2.05) is 0 Å². The van der Waals surface area contributed by atoms with Crippen molar-refractivity contribution in [2.24, 2.45) is 0 Å². The summed E-state index contributed by atoms with van der Waals surface area (Å²) in [7, 11) is 0. The van der Waals surface area contributed by atoms with Gasteiger partial charge in [0, 0.05) is 34.1 Å². The van der Waals surface area contributed by atoms with Crippen molar-refractivity contribution in [2.75, 3.05) is 0 Å². The molecule has 0 N–H and O–H groups in total. The lowest BCUT2D eigenvalue weighted by Gasteiger charge is -2.20. The van der Waals surface area contributed by atoms with E-state index in [1.165, 1.54) is 32.0 Å². The van der Waals surface area contributed by atoms with Crippen molar-refractivity contribution < 1.29 is 24.7 Å². The number of aromatic nitrogens is 1. The second-order valence-corrected chi connectivity index (χ2v) is 4.76. The molecule has 0 atom stereocenters. The fourth-order valence-corrected chi connectivity index (χ4v) is 2.46. The number of benzene rings is 1. The quantitative estimate of drug-likeness (QED) is 0.572. The maximum absolute atomic E-state index is 11.4. The van der Waals surface area contributed by atoms with Crippen LogP contribution >= 0.6 is 0 Å². The molecule has 0 aliphatic rings. The molecule has 0 saturated carbocycles. The Morgan fingerprint density at radius 1 is 1.00 bits per heavy atom. The molecule has 2 rings (SSSR count). The summed E-state index contributed by atoms with van der Waals surface area (Å²) >= 11 is 0. The normalized spacial score (nSPS) is 10.3. The van der Waals surface area contributed by atoms with Crippen LogP contribution in [0.15, 0.2) is 24.3 Å². The third-order valence-corrected chi connectivity index (χ3v) is 3.34. The number of aryl methyl sites for hydroxylation is 2. The van der Waals surface area contributed by atoms with E-state index in [4.69, 9.17) is 0 Å². The lowest BCUT2D eigenvalue weighted by molar-refractivity contribution is -0.384. The summed E-state index contributed by atoms with van der Waals surface area (Å²) in [4.78, 5) is 37.2. The van der Waals surface area contributed by atoms with Crippen LogP contribution in [0.3, 0.4) is 0 Å². The Bertz CT molecular complexity index is 806. The highest BCUT2D eigenvalue weighted by molar-refractivity contribution is 6.06. The zero-order chi connectivity index (χ0) is 17.3. The number of pyridine rings is 1. The third kappa shape index (κ3) is 2.73. The number of aromatic carboxylic acids is 2. The standard InChI is InChI=1S/C15H12N2O6/c1-7-11(14(18)19)13(12(15(20)21)8(2)16-7)9-5-3-4-6-10(9)17(22)23/h3-6H,1-2H3,(H,18,19)(H,20,21)/p-2. The molecule has 23 heavy (non-hydrogen) atoms. The second kappa shape index (κ2) is 5.84. The Labute approximate surface area is 130 Å². The van der Waals surface area contributed by atoms with E-state index < -0.39 is 33.7 Å². The Kier molecular flexibility index (Phi) is 4.08. The predicted octanol–water partition coefficient (Wildman–Crippen LogP) is 0.000640. The molecule has 0 aliphatic heterocycles. The maximum atomic E-state index is 11.4. The van der Waals surface area contributed by atoms with Gasteiger partial charge in [0.2, 0.25) is 0 Å². The molecule has 0 saturated heterocycles. The van der Waals surface area contributed by atoms with Crippen LogP contribution in [0.4, 0.5) is 5.69 Å². The molecule has 0 unspecified atom stereocenters. The average molecular weight is 314 g/mol. The number of carboxylic acids is 2. The van der Waals surface area contributed by atoms with Crippen molar-refractivity contribution in [1.82, 2.24) is 4.98 Å². The number of nitro benzene ring substituents is 1. The number of nitro groups is 1. The zero-order valence-electron chi connectivity index (χ0n) is 12.2. The number of hydrogen-bond acceptors (Lipinski definition) is 7. The van der Waals surface area contributed by atoms with Gasteiger partial charge < -0.3 is 19.8 Å². The Hall–Kier alpha value is -3.29. The van der Waals surface area contributed by atoms with Gasteiger partial charge in [0.15, 0.2) is 0 Å². The van der Waals surface area contributed by atoms with Gasteiger partial charge in [-0.3, -0.25) is 15.1 Å². The minimum atomic E-state index is -1.68. The van der Waals surface area contributed by atoms with Crippen LogP contribution in [0, 0.1) is 24.0 Å². The van der Waals surface area contributed by atoms with Gasteiger partial charge in [0.1, 0.15) is 0 Å². The summed E-state index contributed by atoms with van der Waals surface area (Å²) in [5.41, 5.74) is -1.93. The predicted molar refractivity (Wildman–Crippen MR) is 74.5 cm³/mol. The molecular formula is C15H10N2O6-2. The van der Waals surface area contributed by atoms with E-state index in [9.17, 15) is 29.9 Å². The molecular weight excluding hydrogens is 304 g/mol. The lowest BCUT2D eigenvalue weighted by Crippen LogP contribution is -2.30. The van der Waals surface area contributed by atoms with E-state index in [0.29, 0.717) is 0 Å². The van der Waals surface area contributed by atoms with Crippen molar-refractivity contribution in [3.05, 3.63) is 56.9 Å². The largest absolute Gasteiger partial charge is 0.545 e. The van der Waals surface area contributed by atoms with Crippen molar-refractivity contribution in [1.29, 1.82) is 0 Å². The van der Waals surface area contributed by atoms with Gasteiger partial charge in [-0.1, -0.05) is 12.1 Å². The molecule has 1 aromatic carbocycles. The van der Waals surface area contributed by atoms with E-state index in [2.05, 4.69) is 4.98 Å². The molecule has 118 valence electrons. The van der Waals surface area contributed by atoms with Gasteiger partial charge in [-0.2, -0.15) is 0 Å². The minimum absolute atomic E-state index is 0.000603. The molecule has 1 heterocycles. The number of para-hydroxylation sites is 1. The fourth-order valence-electron chi connectivity index (χ4n) is 2.46. The third-order valence-electron chi connectivity index (χ3n) is 3.34. The first kappa shape index (κ1) is 16.1. The first-order valence-electron chi connectivity index (χ1n) is 6.43. The van der Waals surface area contributed by atoms with Gasteiger partial charge in [-0.25, -0.2) is 0 Å². The molecule has 0 amide bonds. The number of carbonyl (C=O) groups is 2. The molecule has 0 fully saturated rings. The Morgan fingerprint density at radius 2 is 1.48 bits per heavy atom. The van der Waals surface area contributed by atoms with Gasteiger partial charge in [-0.15, -0.1) is 0 Å². The topological polar surface area (TPSA) is 136 Å². The van der Waals surface area contributed by atoms with E-state index in [0.717, 1.165) is 6.07 Å². The highest BCUT2D eigenvalue weighted by atomic mass is 16.6. The molecule has 2 aromatic rings. The van der Waals surface area contributed by atoms with Crippen LogP contribution in [0.5, 0.6) is 0 Å². The SMILES string of the molecule is Cc1nc(C)c(C(=O)[O-])c(-c2ccccc2[N+](=O)[O-])c1C(=O)[O-]. The van der Waals surface area contributed by atoms with Crippen LogP contribution < -0.4 is 10.2 Å².